The van der Waals surface area contributed by atoms with Crippen molar-refractivity contribution in [2.45, 2.75) is 31.8 Å². The average molecular weight is 237 g/mol. The van der Waals surface area contributed by atoms with E-state index >= 15 is 0 Å². The molecule has 1 fully saturated rings. The van der Waals surface area contributed by atoms with E-state index in [9.17, 15) is 9.59 Å². The molecule has 1 N–H and O–H groups in total. The molecule has 6 heteroatoms. The highest BCUT2D eigenvalue weighted by atomic mass is 16.4. The van der Waals surface area contributed by atoms with Crippen LogP contribution in [0.25, 0.3) is 0 Å². The molecule has 0 spiro atoms. The zero-order chi connectivity index (χ0) is 12.4. The van der Waals surface area contributed by atoms with Gasteiger partial charge in [-0.05, 0) is 25.8 Å². The smallest absolute Gasteiger partial charge is 0.326 e. The Bertz CT molecular complexity index is 416. The zero-order valence-corrected chi connectivity index (χ0v) is 9.61. The Morgan fingerprint density at radius 2 is 2.29 bits per heavy atom. The molecule has 6 nitrogen and oxygen atoms in total. The number of carboxylic acid groups (broad SMARTS) is 1. The molecule has 17 heavy (non-hydrogen) atoms. The van der Waals surface area contributed by atoms with Crippen molar-refractivity contribution in [1.82, 2.24) is 14.7 Å². The number of rotatable bonds is 3. The predicted octanol–water partition coefficient (Wildman–Crippen LogP) is 0.520. The van der Waals surface area contributed by atoms with E-state index in [0.29, 0.717) is 13.0 Å². The summed E-state index contributed by atoms with van der Waals surface area (Å²) < 4.78 is 1.54. The van der Waals surface area contributed by atoms with Gasteiger partial charge in [0, 0.05) is 18.9 Å². The lowest BCUT2D eigenvalue weighted by Gasteiger charge is -2.24. The van der Waals surface area contributed by atoms with Crippen molar-refractivity contribution >= 4 is 11.9 Å². The van der Waals surface area contributed by atoms with Crippen molar-refractivity contribution in [3.05, 3.63) is 18.5 Å². The van der Waals surface area contributed by atoms with Crippen LogP contribution in [0.15, 0.2) is 18.5 Å². The second-order valence-corrected chi connectivity index (χ2v) is 4.19. The molecule has 0 aliphatic carbocycles. The summed E-state index contributed by atoms with van der Waals surface area (Å²) in [5, 5.41) is 13.0. The Hall–Kier alpha value is -1.85. The summed E-state index contributed by atoms with van der Waals surface area (Å²) in [7, 11) is 0. The van der Waals surface area contributed by atoms with Crippen LogP contribution < -0.4 is 0 Å². The minimum absolute atomic E-state index is 0.182. The molecule has 2 rings (SSSR count). The Balaban J connectivity index is 2.12. The van der Waals surface area contributed by atoms with Gasteiger partial charge in [0.2, 0.25) is 5.91 Å². The third-order valence-corrected chi connectivity index (χ3v) is 3.10. The molecule has 0 saturated carbocycles. The summed E-state index contributed by atoms with van der Waals surface area (Å²) in [5.74, 6) is -1.11. The zero-order valence-electron chi connectivity index (χ0n) is 9.61. The van der Waals surface area contributed by atoms with Crippen molar-refractivity contribution < 1.29 is 14.7 Å². The lowest BCUT2D eigenvalue weighted by molar-refractivity contribution is -0.149. The number of nitrogens with zero attached hydrogens (tertiary/aromatic N) is 3. The largest absolute Gasteiger partial charge is 0.480 e. The number of amides is 1. The first-order valence-electron chi connectivity index (χ1n) is 5.63. The van der Waals surface area contributed by atoms with Gasteiger partial charge in [-0.15, -0.1) is 0 Å². The molecule has 92 valence electrons. The van der Waals surface area contributed by atoms with Crippen molar-refractivity contribution in [2.24, 2.45) is 0 Å². The Morgan fingerprint density at radius 1 is 1.53 bits per heavy atom. The number of hydrogen-bond acceptors (Lipinski definition) is 3. The minimum Gasteiger partial charge on any atom is -0.480 e. The lowest BCUT2D eigenvalue weighted by Crippen LogP contribution is -2.43. The highest BCUT2D eigenvalue weighted by Gasteiger charge is 2.36. The van der Waals surface area contributed by atoms with Crippen LogP contribution in [0, 0.1) is 0 Å². The van der Waals surface area contributed by atoms with Crippen LogP contribution in [0.1, 0.15) is 25.8 Å². The normalized spacial score (nSPS) is 21.5. The highest BCUT2D eigenvalue weighted by molar-refractivity contribution is 5.86. The molecule has 0 radical (unpaired) electrons. The van der Waals surface area contributed by atoms with E-state index in [1.54, 1.807) is 30.1 Å². The van der Waals surface area contributed by atoms with E-state index in [-0.39, 0.29) is 5.91 Å². The third-order valence-electron chi connectivity index (χ3n) is 3.10. The van der Waals surface area contributed by atoms with Crippen LogP contribution in [0.3, 0.4) is 0 Å². The molecule has 1 unspecified atom stereocenters. The number of hydrogen-bond donors (Lipinski definition) is 1. The first-order chi connectivity index (χ1) is 8.11. The second-order valence-electron chi connectivity index (χ2n) is 4.19. The van der Waals surface area contributed by atoms with Gasteiger partial charge in [0.15, 0.2) is 0 Å². The van der Waals surface area contributed by atoms with Gasteiger partial charge in [0.25, 0.3) is 0 Å². The molecule has 1 aromatic heterocycles. The number of carbonyl (C=O) groups is 2. The summed E-state index contributed by atoms with van der Waals surface area (Å²) in [4.78, 5) is 24.6. The molecule has 0 aromatic carbocycles. The van der Waals surface area contributed by atoms with Crippen molar-refractivity contribution in [1.29, 1.82) is 0 Å². The molecular weight excluding hydrogens is 222 g/mol. The second kappa shape index (κ2) is 4.57. The maximum absolute atomic E-state index is 12.2. The van der Waals surface area contributed by atoms with Crippen LogP contribution >= 0.6 is 0 Å². The van der Waals surface area contributed by atoms with Gasteiger partial charge in [0.05, 0.1) is 0 Å². The maximum atomic E-state index is 12.2. The maximum Gasteiger partial charge on any atom is 0.326 e. The molecule has 1 aliphatic heterocycles. The van der Waals surface area contributed by atoms with Gasteiger partial charge in [-0.3, -0.25) is 9.48 Å². The van der Waals surface area contributed by atoms with Gasteiger partial charge in [-0.25, -0.2) is 4.79 Å². The van der Waals surface area contributed by atoms with Crippen molar-refractivity contribution in [2.75, 3.05) is 6.54 Å². The van der Waals surface area contributed by atoms with E-state index in [0.717, 1.165) is 6.42 Å². The van der Waals surface area contributed by atoms with Crippen LogP contribution in [0.4, 0.5) is 0 Å². The van der Waals surface area contributed by atoms with Gasteiger partial charge in [-0.2, -0.15) is 5.10 Å². The summed E-state index contributed by atoms with van der Waals surface area (Å²) >= 11 is 0. The monoisotopic (exact) mass is 237 g/mol. The summed E-state index contributed by atoms with van der Waals surface area (Å²) in [6.45, 7) is 2.24. The molecular formula is C11H15N3O3. The SMILES string of the molecule is CC(C(=O)N1CCC[C@H]1C(=O)O)n1cccn1. The van der Waals surface area contributed by atoms with Gasteiger partial charge in [-0.1, -0.05) is 0 Å². The first-order valence-corrected chi connectivity index (χ1v) is 5.63. The average Bonchev–Trinajstić information content (AvgIpc) is 2.97. The van der Waals surface area contributed by atoms with E-state index in [2.05, 4.69) is 5.10 Å². The fourth-order valence-corrected chi connectivity index (χ4v) is 2.15. The number of likely N-dealkylation sites (tertiary alicyclic amines) is 1. The van der Waals surface area contributed by atoms with E-state index in [1.165, 1.54) is 4.90 Å². The summed E-state index contributed by atoms with van der Waals surface area (Å²) in [6.07, 6.45) is 4.58. The minimum atomic E-state index is -0.927. The van der Waals surface area contributed by atoms with Crippen LogP contribution in [0.2, 0.25) is 0 Å². The topological polar surface area (TPSA) is 75.4 Å². The molecule has 1 aliphatic rings. The quantitative estimate of drug-likeness (QED) is 0.831. The molecule has 1 amide bonds. The van der Waals surface area contributed by atoms with Crippen molar-refractivity contribution in [3.63, 3.8) is 0 Å². The number of aromatic nitrogens is 2. The van der Waals surface area contributed by atoms with E-state index in [1.807, 2.05) is 0 Å². The van der Waals surface area contributed by atoms with Gasteiger partial charge in [0.1, 0.15) is 12.1 Å². The van der Waals surface area contributed by atoms with Crippen LogP contribution in [-0.4, -0.2) is 44.3 Å². The standard InChI is InChI=1S/C11H15N3O3/c1-8(14-7-3-5-12-14)10(15)13-6-2-4-9(13)11(16)17/h3,5,7-9H,2,4,6H2,1H3,(H,16,17)/t8?,9-/m0/s1. The molecule has 2 atom stereocenters. The highest BCUT2D eigenvalue weighted by Crippen LogP contribution is 2.21. The molecule has 0 bridgehead atoms. The lowest BCUT2D eigenvalue weighted by atomic mass is 10.2. The fourth-order valence-electron chi connectivity index (χ4n) is 2.15. The Kier molecular flexibility index (Phi) is 3.12. The Labute approximate surface area is 98.8 Å². The van der Waals surface area contributed by atoms with Crippen LogP contribution in [-0.2, 0) is 9.59 Å². The fraction of sp³-hybridized carbons (Fsp3) is 0.545. The third kappa shape index (κ3) is 2.15. The predicted molar refractivity (Wildman–Crippen MR) is 59.3 cm³/mol. The van der Waals surface area contributed by atoms with Gasteiger partial charge >= 0.3 is 5.97 Å². The number of carbonyl (C=O) groups excluding carboxylic acids is 1. The molecule has 2 heterocycles. The first kappa shape index (κ1) is 11.6. The molecule has 1 aromatic rings. The Morgan fingerprint density at radius 3 is 2.88 bits per heavy atom. The number of aliphatic carboxylic acids is 1. The number of carboxylic acids is 1. The summed E-state index contributed by atoms with van der Waals surface area (Å²) in [6, 6.07) is 0.605. The van der Waals surface area contributed by atoms with E-state index < -0.39 is 18.1 Å². The summed E-state index contributed by atoms with van der Waals surface area (Å²) in [5.41, 5.74) is 0. The van der Waals surface area contributed by atoms with Crippen LogP contribution in [0.5, 0.6) is 0 Å². The van der Waals surface area contributed by atoms with Crippen molar-refractivity contribution in [3.8, 4) is 0 Å². The van der Waals surface area contributed by atoms with E-state index in [4.69, 9.17) is 5.11 Å². The van der Waals surface area contributed by atoms with Gasteiger partial charge < -0.3 is 10.0 Å². The molecule has 1 saturated heterocycles.